The summed E-state index contributed by atoms with van der Waals surface area (Å²) in [5.41, 5.74) is 0. The van der Waals surface area contributed by atoms with Crippen LogP contribution < -0.4 is 4.89 Å². The summed E-state index contributed by atoms with van der Waals surface area (Å²) >= 11 is 0. The molecular weight excluding hydrogens is 212 g/mol. The lowest BCUT2D eigenvalue weighted by Gasteiger charge is -2.16. The summed E-state index contributed by atoms with van der Waals surface area (Å²) in [5.74, 6) is 0. The molecule has 0 saturated carbocycles. The third-order valence-corrected chi connectivity index (χ3v) is 6.48. The Kier molecular flexibility index (Phi) is 11.3. The molecular formula is C6H17OP4-. The van der Waals surface area contributed by atoms with E-state index in [2.05, 4.69) is 18.5 Å². The summed E-state index contributed by atoms with van der Waals surface area (Å²) in [4.78, 5) is 10.3. The van der Waals surface area contributed by atoms with Crippen LogP contribution in [0.25, 0.3) is 0 Å². The average Bonchev–Trinajstić information content (AvgIpc) is 2.01. The van der Waals surface area contributed by atoms with Gasteiger partial charge < -0.3 is 4.89 Å². The highest BCUT2D eigenvalue weighted by atomic mass is 31.1. The Labute approximate surface area is 77.5 Å². The van der Waals surface area contributed by atoms with Crippen molar-refractivity contribution in [1.82, 2.24) is 0 Å². The minimum Gasteiger partial charge on any atom is -0.832 e. The van der Waals surface area contributed by atoms with Crippen LogP contribution in [0, 0.1) is 0 Å². The van der Waals surface area contributed by atoms with Crippen LogP contribution in [-0.4, -0.2) is 37.0 Å². The van der Waals surface area contributed by atoms with E-state index in [9.17, 15) is 4.89 Å². The lowest BCUT2D eigenvalue weighted by Crippen LogP contribution is -2.00. The van der Waals surface area contributed by atoms with Crippen molar-refractivity contribution in [2.75, 3.05) is 37.0 Å². The van der Waals surface area contributed by atoms with Crippen LogP contribution in [0.2, 0.25) is 0 Å². The zero-order valence-electron chi connectivity index (χ0n) is 6.75. The number of hydrogen-bond acceptors (Lipinski definition) is 1. The van der Waals surface area contributed by atoms with Crippen molar-refractivity contribution in [3.05, 3.63) is 0 Å². The molecule has 0 radical (unpaired) electrons. The van der Waals surface area contributed by atoms with Crippen LogP contribution in [0.1, 0.15) is 0 Å². The van der Waals surface area contributed by atoms with Crippen molar-refractivity contribution in [2.45, 2.75) is 0 Å². The lowest BCUT2D eigenvalue weighted by atomic mass is 10.9. The zero-order chi connectivity index (χ0) is 8.53. The molecule has 0 aliphatic rings. The molecule has 0 aliphatic carbocycles. The molecule has 68 valence electrons. The Morgan fingerprint density at radius 1 is 1.09 bits per heavy atom. The maximum Gasteiger partial charge on any atom is -0.0291 e. The van der Waals surface area contributed by atoms with Gasteiger partial charge in [0.1, 0.15) is 0 Å². The Bertz CT molecular complexity index is 75.0. The molecule has 0 spiro atoms. The second-order valence-corrected chi connectivity index (χ2v) is 6.94. The summed E-state index contributed by atoms with van der Waals surface area (Å²) in [6, 6.07) is 0. The fourth-order valence-electron chi connectivity index (χ4n) is 0.904. The van der Waals surface area contributed by atoms with Gasteiger partial charge in [-0.25, -0.2) is 8.81 Å². The Morgan fingerprint density at radius 2 is 1.64 bits per heavy atom. The van der Waals surface area contributed by atoms with Crippen LogP contribution in [0.4, 0.5) is 0 Å². The molecule has 0 saturated heterocycles. The Balaban J connectivity index is 3.34. The van der Waals surface area contributed by atoms with Crippen molar-refractivity contribution < 1.29 is 4.89 Å². The molecule has 0 rings (SSSR count). The Morgan fingerprint density at radius 3 is 2.00 bits per heavy atom. The second kappa shape index (κ2) is 9.77. The molecule has 0 amide bonds. The van der Waals surface area contributed by atoms with Crippen LogP contribution in [0.5, 0.6) is 0 Å². The van der Waals surface area contributed by atoms with Gasteiger partial charge in [0, 0.05) is 0 Å². The monoisotopic (exact) mass is 229 g/mol. The number of rotatable bonds is 7. The van der Waals surface area contributed by atoms with Gasteiger partial charge in [-0.15, -0.1) is 26.4 Å². The largest absolute Gasteiger partial charge is 0.832 e. The highest BCUT2D eigenvalue weighted by Crippen LogP contribution is 2.36. The molecule has 3 atom stereocenters. The fourth-order valence-corrected chi connectivity index (χ4v) is 6.13. The first-order chi connectivity index (χ1) is 5.35. The average molecular weight is 229 g/mol. The van der Waals surface area contributed by atoms with E-state index >= 15 is 0 Å². The van der Waals surface area contributed by atoms with E-state index in [1.165, 1.54) is 30.8 Å². The maximum absolute atomic E-state index is 10.3. The molecule has 0 bridgehead atoms. The molecule has 3 unspecified atom stereocenters. The van der Waals surface area contributed by atoms with E-state index < -0.39 is 0 Å². The molecule has 0 aromatic heterocycles. The maximum atomic E-state index is 10.3. The summed E-state index contributed by atoms with van der Waals surface area (Å²) in [6.45, 7) is 0. The fraction of sp³-hybridized carbons (Fsp3) is 1.00. The van der Waals surface area contributed by atoms with Gasteiger partial charge in [0.2, 0.25) is 0 Å². The first-order valence-electron chi connectivity index (χ1n) is 3.82. The summed E-state index contributed by atoms with van der Waals surface area (Å²) in [6.07, 6.45) is 7.20. The van der Waals surface area contributed by atoms with E-state index in [0.29, 0.717) is 0 Å². The Hall–Kier alpha value is 1.68. The van der Waals surface area contributed by atoms with E-state index in [1.807, 2.05) is 0 Å². The normalized spacial score (nSPS) is 12.0. The van der Waals surface area contributed by atoms with Crippen molar-refractivity contribution >= 4 is 35.2 Å². The van der Waals surface area contributed by atoms with E-state index in [4.69, 9.17) is 0 Å². The molecule has 0 aromatic rings. The van der Waals surface area contributed by atoms with Gasteiger partial charge in [0.15, 0.2) is 0 Å². The van der Waals surface area contributed by atoms with Gasteiger partial charge in [-0.2, -0.15) is 0 Å². The molecule has 0 aliphatic heterocycles. The van der Waals surface area contributed by atoms with Crippen LogP contribution in [0.3, 0.4) is 0 Å². The van der Waals surface area contributed by atoms with Crippen molar-refractivity contribution in [3.63, 3.8) is 0 Å². The molecule has 0 fully saturated rings. The van der Waals surface area contributed by atoms with Crippen molar-refractivity contribution in [1.29, 1.82) is 0 Å². The zero-order valence-corrected chi connectivity index (χ0v) is 11.0. The standard InChI is InChI=1S/C6H17OP4/c7-10-3-6-11(4-1-8)5-2-9/h10H,1-6,8-9H2/q-1. The smallest absolute Gasteiger partial charge is 0.0291 e. The molecule has 11 heavy (non-hydrogen) atoms. The summed E-state index contributed by atoms with van der Waals surface area (Å²) < 4.78 is 0. The van der Waals surface area contributed by atoms with E-state index in [0.717, 1.165) is 6.16 Å². The predicted molar refractivity (Wildman–Crippen MR) is 63.9 cm³/mol. The van der Waals surface area contributed by atoms with E-state index in [-0.39, 0.29) is 16.7 Å². The quantitative estimate of drug-likeness (QED) is 0.601. The highest BCUT2D eigenvalue weighted by Gasteiger charge is 2.02. The molecule has 0 aromatic carbocycles. The minimum atomic E-state index is -0.0879. The third kappa shape index (κ3) is 8.02. The third-order valence-electron chi connectivity index (χ3n) is 1.42. The second-order valence-electron chi connectivity index (χ2n) is 2.31. The summed E-state index contributed by atoms with van der Waals surface area (Å²) in [5, 5.41) is 0. The molecule has 5 heteroatoms. The van der Waals surface area contributed by atoms with Gasteiger partial charge in [0.25, 0.3) is 0 Å². The van der Waals surface area contributed by atoms with Gasteiger partial charge >= 0.3 is 0 Å². The van der Waals surface area contributed by atoms with Gasteiger partial charge in [-0.1, -0.05) is 0 Å². The van der Waals surface area contributed by atoms with Gasteiger partial charge in [0.05, 0.1) is 0 Å². The van der Waals surface area contributed by atoms with Gasteiger partial charge in [-0.05, 0) is 37.0 Å². The summed E-state index contributed by atoms with van der Waals surface area (Å²) in [7, 11) is 5.66. The minimum absolute atomic E-state index is 0.0879. The van der Waals surface area contributed by atoms with Gasteiger partial charge in [-0.3, -0.25) is 0 Å². The molecule has 1 nitrogen and oxygen atoms in total. The first-order valence-corrected chi connectivity index (χ1v) is 8.47. The number of hydrogen-bond donors (Lipinski definition) is 0. The van der Waals surface area contributed by atoms with E-state index in [1.54, 1.807) is 0 Å². The predicted octanol–water partition coefficient (Wildman–Crippen LogP) is 1.17. The molecule has 0 N–H and O–H groups in total. The SMILES string of the molecule is [O-]PCCP(CCP)CCP. The highest BCUT2D eigenvalue weighted by molar-refractivity contribution is 7.59. The first kappa shape index (κ1) is 12.7. The molecule has 0 heterocycles. The van der Waals surface area contributed by atoms with Crippen LogP contribution >= 0.6 is 35.2 Å². The van der Waals surface area contributed by atoms with Crippen molar-refractivity contribution in [3.8, 4) is 0 Å². The lowest BCUT2D eigenvalue weighted by molar-refractivity contribution is -0.150. The van der Waals surface area contributed by atoms with Crippen LogP contribution in [-0.2, 0) is 0 Å². The van der Waals surface area contributed by atoms with Crippen molar-refractivity contribution in [2.24, 2.45) is 0 Å². The topological polar surface area (TPSA) is 23.1 Å². The van der Waals surface area contributed by atoms with Crippen LogP contribution in [0.15, 0.2) is 0 Å².